The van der Waals surface area contributed by atoms with Crippen LogP contribution < -0.4 is 4.74 Å². The second-order valence-corrected chi connectivity index (χ2v) is 16.0. The van der Waals surface area contributed by atoms with Gasteiger partial charge in [0, 0.05) is 5.41 Å². The fraction of sp³-hybridized carbons (Fsp3) is 0.676. The van der Waals surface area contributed by atoms with Crippen LogP contribution in [0.4, 0.5) is 0 Å². The molecule has 6 rings (SSSR count). The van der Waals surface area contributed by atoms with E-state index in [1.54, 1.807) is 0 Å². The molecule has 4 saturated carbocycles. The molecule has 5 nitrogen and oxygen atoms in total. The number of ether oxygens (including phenoxy) is 1. The van der Waals surface area contributed by atoms with Gasteiger partial charge in [0.05, 0.1) is 11.5 Å². The molecule has 2 N–H and O–H groups in total. The number of carboxylic acids is 1. The number of hydrogen-bond donors (Lipinski definition) is 2. The van der Waals surface area contributed by atoms with Crippen molar-refractivity contribution in [1.29, 1.82) is 0 Å². The molecule has 42 heavy (non-hydrogen) atoms. The molecule has 0 radical (unpaired) electrons. The highest BCUT2D eigenvalue weighted by Crippen LogP contribution is 2.77. The van der Waals surface area contributed by atoms with E-state index in [-0.39, 0.29) is 33.5 Å². The average Bonchev–Trinajstić information content (AvgIpc) is 3.34. The molecular weight excluding hydrogens is 524 g/mol. The summed E-state index contributed by atoms with van der Waals surface area (Å²) in [6, 6.07) is 7.64. The van der Waals surface area contributed by atoms with E-state index in [2.05, 4.69) is 54.2 Å². The third-order valence-electron chi connectivity index (χ3n) is 14.5. The fourth-order valence-corrected chi connectivity index (χ4v) is 12.3. The third kappa shape index (κ3) is 3.64. The Balaban J connectivity index is 1.39. The van der Waals surface area contributed by atoms with Crippen molar-refractivity contribution >= 4 is 18.0 Å². The van der Waals surface area contributed by atoms with E-state index in [9.17, 15) is 19.8 Å². The molecule has 0 bridgehead atoms. The lowest BCUT2D eigenvalue weighted by Gasteiger charge is -2.72. The van der Waals surface area contributed by atoms with E-state index in [1.807, 2.05) is 24.3 Å². The molecule has 5 aliphatic rings. The molecule has 0 heterocycles. The first-order chi connectivity index (χ1) is 19.7. The highest BCUT2D eigenvalue weighted by molar-refractivity contribution is 5.76. The summed E-state index contributed by atoms with van der Waals surface area (Å²) in [5.74, 6) is 1.38. The molecule has 1 aromatic carbocycles. The largest absolute Gasteiger partial charge is 0.481 e. The number of carbonyl (C=O) groups is 2. The number of allylic oxidation sites excluding steroid dienone is 2. The Kier molecular flexibility index (Phi) is 6.74. The van der Waals surface area contributed by atoms with Crippen LogP contribution in [0.5, 0.6) is 5.75 Å². The summed E-state index contributed by atoms with van der Waals surface area (Å²) in [4.78, 5) is 23.7. The molecule has 0 amide bonds. The summed E-state index contributed by atoms with van der Waals surface area (Å²) in [6.07, 6.45) is 9.19. The van der Waals surface area contributed by atoms with Gasteiger partial charge in [-0.05, 0) is 127 Å². The summed E-state index contributed by atoms with van der Waals surface area (Å²) in [7, 11) is 0. The summed E-state index contributed by atoms with van der Waals surface area (Å²) < 4.78 is 5.02. The first kappa shape index (κ1) is 29.7. The second-order valence-electron chi connectivity index (χ2n) is 16.0. The zero-order valence-electron chi connectivity index (χ0n) is 26.4. The minimum atomic E-state index is -0.617. The lowest BCUT2D eigenvalue weighted by atomic mass is 9.32. The standard InChI is InChI=1S/C37H50O5/c1-22(2)25-14-17-37(32(40)41)19-18-34(5)26(31(25)37)12-13-29-35(34,6)16-15-28-33(3,4)27(20-30(39)36(28,29)7)23-8-10-24(11-9-23)42-21-38/h8-11,20-21,25-26,28-31,39H,1,12-19H2,2-7H3,(H,40,41)/t25-,26+,28-,29-,30+,31+,34+,35+,36-,37-/m0/s1. The van der Waals surface area contributed by atoms with E-state index in [4.69, 9.17) is 4.74 Å². The van der Waals surface area contributed by atoms with Crippen molar-refractivity contribution in [2.45, 2.75) is 99.0 Å². The van der Waals surface area contributed by atoms with Crippen LogP contribution in [0, 0.1) is 56.7 Å². The maximum absolute atomic E-state index is 12.9. The molecule has 4 fully saturated rings. The Bertz CT molecular complexity index is 1330. The molecule has 228 valence electrons. The number of fused-ring (bicyclic) bond motifs is 7. The van der Waals surface area contributed by atoms with Crippen molar-refractivity contribution in [2.75, 3.05) is 0 Å². The maximum Gasteiger partial charge on any atom is 0.309 e. The predicted molar refractivity (Wildman–Crippen MR) is 164 cm³/mol. The SMILES string of the molecule is C=C(C)[C@@H]1CC[C@]2(C(=O)O)CC[C@]3(C)[C@H](CC[C@@H]4[C@@]5(C)[C@H](O)C=C(c6ccc(OC=O)cc6)C(C)(C)[C@@H]5CC[C@]43C)[C@@H]12. The van der Waals surface area contributed by atoms with E-state index in [0.717, 1.165) is 68.1 Å². The van der Waals surface area contributed by atoms with E-state index in [1.165, 1.54) is 0 Å². The van der Waals surface area contributed by atoms with Gasteiger partial charge in [0.25, 0.3) is 6.47 Å². The summed E-state index contributed by atoms with van der Waals surface area (Å²) in [5, 5.41) is 22.8. The molecule has 0 saturated heterocycles. The maximum atomic E-state index is 12.9. The molecule has 10 atom stereocenters. The van der Waals surface area contributed by atoms with Gasteiger partial charge in [-0.3, -0.25) is 9.59 Å². The zero-order chi connectivity index (χ0) is 30.5. The van der Waals surface area contributed by atoms with Gasteiger partial charge in [-0.1, -0.05) is 65.0 Å². The lowest BCUT2D eigenvalue weighted by molar-refractivity contribution is -0.242. The Morgan fingerprint density at radius 2 is 1.62 bits per heavy atom. The number of aliphatic hydroxyl groups excluding tert-OH is 1. The Labute approximate surface area is 251 Å². The fourth-order valence-electron chi connectivity index (χ4n) is 12.3. The molecule has 0 aliphatic heterocycles. The van der Waals surface area contributed by atoms with Crippen molar-refractivity contribution in [2.24, 2.45) is 56.7 Å². The van der Waals surface area contributed by atoms with Crippen LogP contribution in [-0.2, 0) is 9.59 Å². The molecule has 5 heteroatoms. The van der Waals surface area contributed by atoms with Gasteiger partial charge in [-0.15, -0.1) is 0 Å². The number of carbonyl (C=O) groups excluding carboxylic acids is 1. The minimum absolute atomic E-state index is 0.0181. The Hall–Kier alpha value is -2.40. The van der Waals surface area contributed by atoms with Crippen molar-refractivity contribution in [3.05, 3.63) is 48.1 Å². The highest BCUT2D eigenvalue weighted by atomic mass is 16.5. The van der Waals surface area contributed by atoms with Crippen LogP contribution in [0.3, 0.4) is 0 Å². The van der Waals surface area contributed by atoms with E-state index < -0.39 is 17.5 Å². The quantitative estimate of drug-likeness (QED) is 0.276. The minimum Gasteiger partial charge on any atom is -0.481 e. The van der Waals surface area contributed by atoms with Crippen LogP contribution >= 0.6 is 0 Å². The topological polar surface area (TPSA) is 83.8 Å². The van der Waals surface area contributed by atoms with Crippen LogP contribution in [0.1, 0.15) is 98.5 Å². The van der Waals surface area contributed by atoms with Crippen molar-refractivity contribution in [1.82, 2.24) is 0 Å². The van der Waals surface area contributed by atoms with Crippen molar-refractivity contribution < 1.29 is 24.5 Å². The molecule has 0 unspecified atom stereocenters. The summed E-state index contributed by atoms with van der Waals surface area (Å²) >= 11 is 0. The first-order valence-corrected chi connectivity index (χ1v) is 16.2. The van der Waals surface area contributed by atoms with Gasteiger partial charge in [-0.25, -0.2) is 0 Å². The van der Waals surface area contributed by atoms with Crippen LogP contribution in [0.2, 0.25) is 0 Å². The molecule has 1 aromatic rings. The van der Waals surface area contributed by atoms with Crippen molar-refractivity contribution in [3.8, 4) is 5.75 Å². The number of benzene rings is 1. The van der Waals surface area contributed by atoms with Crippen LogP contribution in [0.25, 0.3) is 5.57 Å². The average molecular weight is 575 g/mol. The number of hydrogen-bond acceptors (Lipinski definition) is 4. The van der Waals surface area contributed by atoms with Gasteiger partial charge in [0.1, 0.15) is 5.75 Å². The summed E-state index contributed by atoms with van der Waals surface area (Å²) in [5.41, 5.74) is 2.38. The van der Waals surface area contributed by atoms with Crippen LogP contribution in [0.15, 0.2) is 42.5 Å². The van der Waals surface area contributed by atoms with E-state index in [0.29, 0.717) is 30.0 Å². The number of carboxylic acid groups (broad SMARTS) is 1. The Morgan fingerprint density at radius 3 is 2.24 bits per heavy atom. The van der Waals surface area contributed by atoms with Gasteiger partial charge in [-0.2, -0.15) is 0 Å². The second kappa shape index (κ2) is 9.55. The first-order valence-electron chi connectivity index (χ1n) is 16.2. The van der Waals surface area contributed by atoms with Gasteiger partial charge < -0.3 is 14.9 Å². The molecule has 5 aliphatic carbocycles. The normalized spacial score (nSPS) is 45.4. The van der Waals surface area contributed by atoms with E-state index >= 15 is 0 Å². The lowest BCUT2D eigenvalue weighted by Crippen LogP contribution is -2.68. The molecule has 0 aromatic heterocycles. The van der Waals surface area contributed by atoms with Crippen LogP contribution in [-0.4, -0.2) is 28.8 Å². The molecular formula is C37H50O5. The molecule has 0 spiro atoms. The predicted octanol–water partition coefficient (Wildman–Crippen LogP) is 7.93. The number of rotatable bonds is 5. The van der Waals surface area contributed by atoms with Gasteiger partial charge in [0.15, 0.2) is 0 Å². The zero-order valence-corrected chi connectivity index (χ0v) is 26.4. The van der Waals surface area contributed by atoms with Gasteiger partial charge in [0.2, 0.25) is 0 Å². The van der Waals surface area contributed by atoms with Gasteiger partial charge >= 0.3 is 5.97 Å². The monoisotopic (exact) mass is 574 g/mol. The third-order valence-corrected chi connectivity index (χ3v) is 14.5. The summed E-state index contributed by atoms with van der Waals surface area (Å²) in [6.45, 7) is 19.0. The van der Waals surface area contributed by atoms with Crippen molar-refractivity contribution in [3.63, 3.8) is 0 Å². The smallest absolute Gasteiger partial charge is 0.309 e. The highest BCUT2D eigenvalue weighted by Gasteiger charge is 2.72. The Morgan fingerprint density at radius 1 is 0.929 bits per heavy atom. The number of aliphatic carboxylic acids is 1. The number of aliphatic hydroxyl groups is 1.